The molecule has 3 atom stereocenters. The van der Waals surface area contributed by atoms with Crippen LogP contribution in [0, 0.1) is 5.92 Å². The van der Waals surface area contributed by atoms with E-state index >= 15 is 0 Å². The van der Waals surface area contributed by atoms with E-state index in [1.54, 1.807) is 11.3 Å². The maximum Gasteiger partial charge on any atom is 0.229 e. The minimum Gasteiger partial charge on any atom is -0.379 e. The molecule has 1 N–H and O–H groups in total. The van der Waals surface area contributed by atoms with E-state index in [1.165, 1.54) is 4.88 Å². The number of thiophene rings is 1. The summed E-state index contributed by atoms with van der Waals surface area (Å²) >= 11 is 1.69. The van der Waals surface area contributed by atoms with Gasteiger partial charge >= 0.3 is 0 Å². The van der Waals surface area contributed by atoms with Crippen LogP contribution in [-0.2, 0) is 9.53 Å². The van der Waals surface area contributed by atoms with Gasteiger partial charge in [0.05, 0.1) is 25.2 Å². The Morgan fingerprint density at radius 2 is 2.39 bits per heavy atom. The number of nitrogens with zero attached hydrogens (tertiary/aromatic N) is 1. The molecule has 1 aromatic heterocycles. The molecule has 1 aromatic rings. The predicted octanol–water partition coefficient (Wildman–Crippen LogP) is 1.50. The summed E-state index contributed by atoms with van der Waals surface area (Å²) in [6.45, 7) is 3.20. The van der Waals surface area contributed by atoms with E-state index in [0.29, 0.717) is 13.2 Å². The van der Waals surface area contributed by atoms with Crippen LogP contribution in [0.1, 0.15) is 17.8 Å². The molecule has 5 heteroatoms. The molecule has 1 saturated heterocycles. The topological polar surface area (TPSA) is 41.6 Å². The summed E-state index contributed by atoms with van der Waals surface area (Å²) in [6.07, 6.45) is 0. The molecule has 0 aliphatic carbocycles. The molecule has 100 valence electrons. The van der Waals surface area contributed by atoms with Crippen molar-refractivity contribution in [1.29, 1.82) is 0 Å². The van der Waals surface area contributed by atoms with Crippen LogP contribution in [0.25, 0.3) is 0 Å². The highest BCUT2D eigenvalue weighted by Gasteiger charge is 2.36. The predicted molar refractivity (Wildman–Crippen MR) is 72.7 cm³/mol. The number of likely N-dealkylation sites (N-methyl/N-ethyl adjacent to an activating group) is 1. The van der Waals surface area contributed by atoms with E-state index < -0.39 is 0 Å². The first-order valence-electron chi connectivity index (χ1n) is 6.20. The molecule has 1 aliphatic rings. The summed E-state index contributed by atoms with van der Waals surface area (Å²) in [7, 11) is 3.75. The largest absolute Gasteiger partial charge is 0.379 e. The highest BCUT2D eigenvalue weighted by molar-refractivity contribution is 7.10. The molecule has 0 saturated carbocycles. The van der Waals surface area contributed by atoms with Gasteiger partial charge in [0.15, 0.2) is 0 Å². The van der Waals surface area contributed by atoms with Gasteiger partial charge in [0.25, 0.3) is 0 Å². The Labute approximate surface area is 112 Å². The fourth-order valence-corrected chi connectivity index (χ4v) is 3.08. The standard InChI is InChI=1S/C13H20N2O2S/c1-9(12-5-4-6-18-12)15(3)13(16)10-7-17-8-11(10)14-2/h4-6,9-11,14H,7-8H2,1-3H3. The van der Waals surface area contributed by atoms with Crippen molar-refractivity contribution in [3.63, 3.8) is 0 Å². The first-order valence-corrected chi connectivity index (χ1v) is 7.08. The Balaban J connectivity index is 2.04. The lowest BCUT2D eigenvalue weighted by Crippen LogP contribution is -2.44. The van der Waals surface area contributed by atoms with Gasteiger partial charge in [-0.25, -0.2) is 0 Å². The van der Waals surface area contributed by atoms with Crippen molar-refractivity contribution in [1.82, 2.24) is 10.2 Å². The zero-order valence-corrected chi connectivity index (χ0v) is 11.9. The number of nitrogens with one attached hydrogen (secondary N) is 1. The van der Waals surface area contributed by atoms with Gasteiger partial charge in [0.1, 0.15) is 0 Å². The summed E-state index contributed by atoms with van der Waals surface area (Å²) in [5, 5.41) is 5.19. The highest BCUT2D eigenvalue weighted by atomic mass is 32.1. The summed E-state index contributed by atoms with van der Waals surface area (Å²) in [5.74, 6) is 0.0927. The Kier molecular flexibility index (Phi) is 4.37. The Bertz CT molecular complexity index is 394. The smallest absolute Gasteiger partial charge is 0.229 e. The Morgan fingerprint density at radius 3 is 3.00 bits per heavy atom. The number of ether oxygens (including phenoxy) is 1. The van der Waals surface area contributed by atoms with Crippen molar-refractivity contribution in [2.24, 2.45) is 5.92 Å². The Morgan fingerprint density at radius 1 is 1.61 bits per heavy atom. The van der Waals surface area contributed by atoms with Crippen molar-refractivity contribution >= 4 is 17.2 Å². The molecule has 0 aromatic carbocycles. The third-order valence-corrected chi connectivity index (χ3v) is 4.69. The number of rotatable bonds is 4. The molecule has 18 heavy (non-hydrogen) atoms. The van der Waals surface area contributed by atoms with Gasteiger partial charge < -0.3 is 15.0 Å². The molecular formula is C13H20N2O2S. The zero-order chi connectivity index (χ0) is 13.1. The summed E-state index contributed by atoms with van der Waals surface area (Å²) in [6, 6.07) is 4.34. The van der Waals surface area contributed by atoms with E-state index in [2.05, 4.69) is 18.3 Å². The van der Waals surface area contributed by atoms with Crippen LogP contribution in [0.15, 0.2) is 17.5 Å². The van der Waals surface area contributed by atoms with Crippen LogP contribution in [0.5, 0.6) is 0 Å². The lowest BCUT2D eigenvalue weighted by atomic mass is 10.0. The molecule has 0 radical (unpaired) electrons. The van der Waals surface area contributed by atoms with Gasteiger partial charge in [0.2, 0.25) is 5.91 Å². The summed E-state index contributed by atoms with van der Waals surface area (Å²) < 4.78 is 5.39. The fraction of sp³-hybridized carbons (Fsp3) is 0.615. The SMILES string of the molecule is CNC1COCC1C(=O)N(C)C(C)c1cccs1. The van der Waals surface area contributed by atoms with Crippen molar-refractivity contribution in [2.45, 2.75) is 19.0 Å². The first-order chi connectivity index (χ1) is 8.65. The Hall–Kier alpha value is -0.910. The van der Waals surface area contributed by atoms with Gasteiger partial charge in [-0.1, -0.05) is 6.07 Å². The van der Waals surface area contributed by atoms with Gasteiger partial charge in [0, 0.05) is 18.0 Å². The first kappa shape index (κ1) is 13.5. The molecule has 1 aliphatic heterocycles. The summed E-state index contributed by atoms with van der Waals surface area (Å²) in [4.78, 5) is 15.5. The second-order valence-corrected chi connectivity index (χ2v) is 5.66. The number of carbonyl (C=O) groups is 1. The van der Waals surface area contributed by atoms with Crippen molar-refractivity contribution < 1.29 is 9.53 Å². The minimum absolute atomic E-state index is 0.0672. The quantitative estimate of drug-likeness (QED) is 0.900. The minimum atomic E-state index is -0.0672. The van der Waals surface area contributed by atoms with Crippen LogP contribution >= 0.6 is 11.3 Å². The normalized spacial score (nSPS) is 25.1. The van der Waals surface area contributed by atoms with Gasteiger partial charge in [-0.2, -0.15) is 0 Å². The van der Waals surface area contributed by atoms with Gasteiger partial charge in [-0.05, 0) is 25.4 Å². The van der Waals surface area contributed by atoms with Gasteiger partial charge in [-0.15, -0.1) is 11.3 Å². The average molecular weight is 268 g/mol. The molecule has 2 heterocycles. The fourth-order valence-electron chi connectivity index (χ4n) is 2.25. The monoisotopic (exact) mass is 268 g/mol. The third-order valence-electron chi connectivity index (χ3n) is 3.65. The second kappa shape index (κ2) is 5.82. The maximum absolute atomic E-state index is 12.5. The molecule has 0 spiro atoms. The number of carbonyl (C=O) groups excluding carboxylic acids is 1. The number of hydrogen-bond donors (Lipinski definition) is 1. The summed E-state index contributed by atoms with van der Waals surface area (Å²) in [5.41, 5.74) is 0. The van der Waals surface area contributed by atoms with Gasteiger partial charge in [-0.3, -0.25) is 4.79 Å². The van der Waals surface area contributed by atoms with Crippen molar-refractivity contribution in [3.8, 4) is 0 Å². The van der Waals surface area contributed by atoms with Crippen molar-refractivity contribution in [3.05, 3.63) is 22.4 Å². The van der Waals surface area contributed by atoms with E-state index in [0.717, 1.165) is 0 Å². The van der Waals surface area contributed by atoms with Crippen LogP contribution in [0.4, 0.5) is 0 Å². The zero-order valence-electron chi connectivity index (χ0n) is 11.1. The average Bonchev–Trinajstić information content (AvgIpc) is 3.05. The van der Waals surface area contributed by atoms with E-state index in [1.807, 2.05) is 30.4 Å². The number of amides is 1. The second-order valence-electron chi connectivity index (χ2n) is 4.68. The van der Waals surface area contributed by atoms with Crippen LogP contribution in [0.3, 0.4) is 0 Å². The lowest BCUT2D eigenvalue weighted by Gasteiger charge is -2.28. The van der Waals surface area contributed by atoms with E-state index in [-0.39, 0.29) is 23.9 Å². The van der Waals surface area contributed by atoms with Crippen LogP contribution in [0.2, 0.25) is 0 Å². The van der Waals surface area contributed by atoms with Crippen LogP contribution in [-0.4, -0.2) is 44.2 Å². The third kappa shape index (κ3) is 2.58. The molecule has 2 rings (SSSR count). The van der Waals surface area contributed by atoms with Crippen molar-refractivity contribution in [2.75, 3.05) is 27.3 Å². The van der Waals surface area contributed by atoms with E-state index in [4.69, 9.17) is 4.74 Å². The number of hydrogen-bond acceptors (Lipinski definition) is 4. The molecule has 0 bridgehead atoms. The van der Waals surface area contributed by atoms with Crippen LogP contribution < -0.4 is 5.32 Å². The molecule has 4 nitrogen and oxygen atoms in total. The molecule has 1 fully saturated rings. The lowest BCUT2D eigenvalue weighted by molar-refractivity contribution is -0.136. The molecular weight excluding hydrogens is 248 g/mol. The maximum atomic E-state index is 12.5. The highest BCUT2D eigenvalue weighted by Crippen LogP contribution is 2.26. The molecule has 1 amide bonds. The van der Waals surface area contributed by atoms with E-state index in [9.17, 15) is 4.79 Å². The molecule has 3 unspecified atom stereocenters.